The second-order valence-electron chi connectivity index (χ2n) is 6.63. The molecule has 146 valence electrons. The molecule has 0 radical (unpaired) electrons. The van der Waals surface area contributed by atoms with E-state index >= 15 is 0 Å². The molecule has 7 nitrogen and oxygen atoms in total. The van der Waals surface area contributed by atoms with Crippen LogP contribution in [0.1, 0.15) is 11.1 Å². The molecule has 1 aromatic rings. The highest BCUT2D eigenvalue weighted by molar-refractivity contribution is 7.88. The molecule has 0 aromatic heterocycles. The van der Waals surface area contributed by atoms with Crippen LogP contribution in [-0.2, 0) is 26.0 Å². The third-order valence-corrected chi connectivity index (χ3v) is 5.67. The molecule has 1 fully saturated rings. The first kappa shape index (κ1) is 20.8. The summed E-state index contributed by atoms with van der Waals surface area (Å²) in [5.41, 5.74) is 2.07. The standard InChI is InChI=1S/C18H29N3O4S/c1-16-4-3-5-17(14-16)15-18(22)19-6-7-21(26(2,23)24)9-8-20-10-12-25-13-11-20/h3-5,14H,6-13,15H2,1-2H3,(H,19,22). The minimum absolute atomic E-state index is 0.0998. The normalized spacial score (nSPS) is 16.0. The Morgan fingerprint density at radius 1 is 1.27 bits per heavy atom. The number of hydrogen-bond donors (Lipinski definition) is 1. The molecule has 0 saturated carbocycles. The Labute approximate surface area is 156 Å². The number of benzene rings is 1. The van der Waals surface area contributed by atoms with Gasteiger partial charge in [-0.2, -0.15) is 4.31 Å². The summed E-state index contributed by atoms with van der Waals surface area (Å²) in [4.78, 5) is 14.3. The third-order valence-electron chi connectivity index (χ3n) is 4.37. The van der Waals surface area contributed by atoms with Gasteiger partial charge in [0.15, 0.2) is 0 Å². The summed E-state index contributed by atoms with van der Waals surface area (Å²) in [6, 6.07) is 7.80. The number of morpholine rings is 1. The van der Waals surface area contributed by atoms with E-state index in [0.717, 1.165) is 24.2 Å². The monoisotopic (exact) mass is 383 g/mol. The largest absolute Gasteiger partial charge is 0.379 e. The van der Waals surface area contributed by atoms with Gasteiger partial charge < -0.3 is 10.1 Å². The lowest BCUT2D eigenvalue weighted by Crippen LogP contribution is -2.45. The Kier molecular flexibility index (Phi) is 8.02. The highest BCUT2D eigenvalue weighted by atomic mass is 32.2. The highest BCUT2D eigenvalue weighted by Gasteiger charge is 2.19. The molecule has 0 aliphatic carbocycles. The number of nitrogens with one attached hydrogen (secondary N) is 1. The molecule has 0 bridgehead atoms. The smallest absolute Gasteiger partial charge is 0.224 e. The fourth-order valence-electron chi connectivity index (χ4n) is 2.91. The predicted octanol–water partition coefficient (Wildman–Crippen LogP) is 0.248. The van der Waals surface area contributed by atoms with E-state index in [4.69, 9.17) is 4.74 Å². The van der Waals surface area contributed by atoms with Gasteiger partial charge in [-0.15, -0.1) is 0 Å². The number of amides is 1. The lowest BCUT2D eigenvalue weighted by atomic mass is 10.1. The number of rotatable bonds is 9. The van der Waals surface area contributed by atoms with Crippen molar-refractivity contribution in [3.8, 4) is 0 Å². The molecule has 0 atom stereocenters. The van der Waals surface area contributed by atoms with Gasteiger partial charge >= 0.3 is 0 Å². The third kappa shape index (κ3) is 7.41. The minimum Gasteiger partial charge on any atom is -0.379 e. The summed E-state index contributed by atoms with van der Waals surface area (Å²) in [6.07, 6.45) is 1.51. The van der Waals surface area contributed by atoms with Gasteiger partial charge in [-0.25, -0.2) is 8.42 Å². The molecular weight excluding hydrogens is 354 g/mol. The summed E-state index contributed by atoms with van der Waals surface area (Å²) in [5, 5.41) is 2.81. The van der Waals surface area contributed by atoms with Crippen molar-refractivity contribution in [1.82, 2.24) is 14.5 Å². The summed E-state index contributed by atoms with van der Waals surface area (Å²) < 4.78 is 30.7. The highest BCUT2D eigenvalue weighted by Crippen LogP contribution is 2.05. The average Bonchev–Trinajstić information content (AvgIpc) is 2.57. The Morgan fingerprint density at radius 3 is 2.65 bits per heavy atom. The lowest BCUT2D eigenvalue weighted by Gasteiger charge is -2.29. The van der Waals surface area contributed by atoms with Crippen molar-refractivity contribution < 1.29 is 17.9 Å². The van der Waals surface area contributed by atoms with Crippen LogP contribution in [0.25, 0.3) is 0 Å². The van der Waals surface area contributed by atoms with E-state index in [-0.39, 0.29) is 12.5 Å². The van der Waals surface area contributed by atoms with Gasteiger partial charge in [-0.05, 0) is 12.5 Å². The molecule has 0 spiro atoms. The Hall–Kier alpha value is -1.48. The van der Waals surface area contributed by atoms with Crippen LogP contribution in [0.15, 0.2) is 24.3 Å². The van der Waals surface area contributed by atoms with Crippen molar-refractivity contribution >= 4 is 15.9 Å². The molecule has 0 unspecified atom stereocenters. The minimum atomic E-state index is -3.30. The van der Waals surface area contributed by atoms with E-state index in [9.17, 15) is 13.2 Å². The van der Waals surface area contributed by atoms with E-state index in [1.807, 2.05) is 31.2 Å². The maximum absolute atomic E-state index is 12.1. The molecule has 26 heavy (non-hydrogen) atoms. The van der Waals surface area contributed by atoms with Gasteiger partial charge in [0.1, 0.15) is 0 Å². The van der Waals surface area contributed by atoms with Crippen LogP contribution in [0, 0.1) is 6.92 Å². The van der Waals surface area contributed by atoms with Gasteiger partial charge in [0, 0.05) is 39.3 Å². The lowest BCUT2D eigenvalue weighted by molar-refractivity contribution is -0.120. The Morgan fingerprint density at radius 2 is 2.00 bits per heavy atom. The molecule has 1 amide bonds. The van der Waals surface area contributed by atoms with E-state index in [0.29, 0.717) is 39.3 Å². The van der Waals surface area contributed by atoms with Gasteiger partial charge in [0.05, 0.1) is 25.9 Å². The maximum Gasteiger partial charge on any atom is 0.224 e. The summed E-state index contributed by atoms with van der Waals surface area (Å²) in [7, 11) is -3.30. The van der Waals surface area contributed by atoms with Crippen LogP contribution in [0.5, 0.6) is 0 Å². The Balaban J connectivity index is 1.76. The van der Waals surface area contributed by atoms with Crippen molar-refractivity contribution in [2.45, 2.75) is 13.3 Å². The molecule has 1 aliphatic heterocycles. The SMILES string of the molecule is Cc1cccc(CC(=O)NCCN(CCN2CCOCC2)S(C)(=O)=O)c1. The quantitative estimate of drug-likeness (QED) is 0.661. The van der Waals surface area contributed by atoms with Gasteiger partial charge in [0.25, 0.3) is 0 Å². The van der Waals surface area contributed by atoms with Crippen molar-refractivity contribution in [3.05, 3.63) is 35.4 Å². The topological polar surface area (TPSA) is 79.0 Å². The number of aryl methyl sites for hydroxylation is 1. The summed E-state index contributed by atoms with van der Waals surface area (Å²) in [5.74, 6) is -0.0998. The summed E-state index contributed by atoms with van der Waals surface area (Å²) >= 11 is 0. The molecule has 1 saturated heterocycles. The van der Waals surface area contributed by atoms with Crippen LogP contribution in [-0.4, -0.2) is 82.3 Å². The second kappa shape index (κ2) is 10.0. The molecule has 1 aromatic carbocycles. The van der Waals surface area contributed by atoms with Crippen LogP contribution >= 0.6 is 0 Å². The molecular formula is C18H29N3O4S. The molecule has 1 heterocycles. The zero-order chi connectivity index (χ0) is 19.0. The van der Waals surface area contributed by atoms with Crippen LogP contribution in [0.3, 0.4) is 0 Å². The van der Waals surface area contributed by atoms with E-state index < -0.39 is 10.0 Å². The molecule has 8 heteroatoms. The number of carbonyl (C=O) groups is 1. The van der Waals surface area contributed by atoms with E-state index in [1.165, 1.54) is 10.6 Å². The Bertz CT molecular complexity index is 687. The van der Waals surface area contributed by atoms with Gasteiger partial charge in [0.2, 0.25) is 15.9 Å². The molecule has 1 N–H and O–H groups in total. The average molecular weight is 384 g/mol. The van der Waals surface area contributed by atoms with Crippen LogP contribution in [0.2, 0.25) is 0 Å². The van der Waals surface area contributed by atoms with Gasteiger partial charge in [-0.1, -0.05) is 29.8 Å². The number of ether oxygens (including phenoxy) is 1. The fraction of sp³-hybridized carbons (Fsp3) is 0.611. The first-order valence-corrected chi connectivity index (χ1v) is 10.8. The van der Waals surface area contributed by atoms with Crippen molar-refractivity contribution in [2.75, 3.05) is 58.7 Å². The maximum atomic E-state index is 12.1. The second-order valence-corrected chi connectivity index (χ2v) is 8.61. The predicted molar refractivity (Wildman–Crippen MR) is 102 cm³/mol. The summed E-state index contributed by atoms with van der Waals surface area (Å²) in [6.45, 7) is 6.70. The first-order valence-electron chi connectivity index (χ1n) is 8.92. The molecule has 2 rings (SSSR count). The number of nitrogens with zero attached hydrogens (tertiary/aromatic N) is 2. The zero-order valence-electron chi connectivity index (χ0n) is 15.6. The van der Waals surface area contributed by atoms with Crippen molar-refractivity contribution in [1.29, 1.82) is 0 Å². The zero-order valence-corrected chi connectivity index (χ0v) is 16.4. The van der Waals surface area contributed by atoms with Crippen LogP contribution < -0.4 is 5.32 Å². The van der Waals surface area contributed by atoms with Crippen molar-refractivity contribution in [3.63, 3.8) is 0 Å². The molecule has 1 aliphatic rings. The number of hydrogen-bond acceptors (Lipinski definition) is 5. The first-order chi connectivity index (χ1) is 12.3. The van der Waals surface area contributed by atoms with Crippen LogP contribution in [0.4, 0.5) is 0 Å². The van der Waals surface area contributed by atoms with E-state index in [1.54, 1.807) is 0 Å². The fourth-order valence-corrected chi connectivity index (χ4v) is 3.75. The number of carbonyl (C=O) groups excluding carboxylic acids is 1. The van der Waals surface area contributed by atoms with Crippen molar-refractivity contribution in [2.24, 2.45) is 0 Å². The number of sulfonamides is 1. The van der Waals surface area contributed by atoms with E-state index in [2.05, 4.69) is 10.2 Å². The van der Waals surface area contributed by atoms with Gasteiger partial charge in [-0.3, -0.25) is 9.69 Å².